The largest absolute Gasteiger partial charge is 0.497 e. The molecule has 0 saturated carbocycles. The van der Waals surface area contributed by atoms with Gasteiger partial charge in [0.15, 0.2) is 0 Å². The lowest BCUT2D eigenvalue weighted by atomic mass is 10.1. The van der Waals surface area contributed by atoms with E-state index in [2.05, 4.69) is 19.2 Å². The quantitative estimate of drug-likeness (QED) is 0.876. The zero-order valence-electron chi connectivity index (χ0n) is 12.4. The van der Waals surface area contributed by atoms with E-state index in [9.17, 15) is 0 Å². The normalized spacial score (nSPS) is 10.8. The van der Waals surface area contributed by atoms with Gasteiger partial charge in [-0.15, -0.1) is 0 Å². The van der Waals surface area contributed by atoms with E-state index in [0.29, 0.717) is 12.6 Å². The number of ether oxygens (including phenoxy) is 2. The summed E-state index contributed by atoms with van der Waals surface area (Å²) in [4.78, 5) is 0. The fourth-order valence-electron chi connectivity index (χ4n) is 1.99. The molecule has 1 heterocycles. The van der Waals surface area contributed by atoms with Gasteiger partial charge in [-0.2, -0.15) is 0 Å². The Balaban J connectivity index is 2.33. The van der Waals surface area contributed by atoms with E-state index in [-0.39, 0.29) is 0 Å². The van der Waals surface area contributed by atoms with E-state index in [0.717, 1.165) is 28.4 Å². The summed E-state index contributed by atoms with van der Waals surface area (Å²) in [5.41, 5.74) is 2.07. The van der Waals surface area contributed by atoms with Crippen LogP contribution in [0.3, 0.4) is 0 Å². The van der Waals surface area contributed by atoms with Gasteiger partial charge in [-0.25, -0.2) is 0 Å². The molecule has 2 aromatic rings. The van der Waals surface area contributed by atoms with Crippen LogP contribution >= 0.6 is 0 Å². The van der Waals surface area contributed by atoms with Crippen LogP contribution in [-0.4, -0.2) is 20.3 Å². The Labute approximate surface area is 119 Å². The maximum absolute atomic E-state index is 5.57. The van der Waals surface area contributed by atoms with Crippen molar-refractivity contribution in [2.75, 3.05) is 14.2 Å². The molecule has 108 valence electrons. The highest BCUT2D eigenvalue weighted by molar-refractivity contribution is 5.69. The van der Waals surface area contributed by atoms with Gasteiger partial charge in [0.2, 0.25) is 0 Å². The maximum atomic E-state index is 5.57. The highest BCUT2D eigenvalue weighted by Crippen LogP contribution is 2.32. The summed E-state index contributed by atoms with van der Waals surface area (Å²) in [5.74, 6) is 2.45. The highest BCUT2D eigenvalue weighted by atomic mass is 16.5. The second kappa shape index (κ2) is 6.48. The fraction of sp³-hybridized carbons (Fsp3) is 0.375. The van der Waals surface area contributed by atoms with Crippen LogP contribution in [0.15, 0.2) is 34.9 Å². The van der Waals surface area contributed by atoms with Crippen molar-refractivity contribution in [2.45, 2.75) is 26.4 Å². The van der Waals surface area contributed by atoms with Crippen LogP contribution in [0.1, 0.15) is 19.6 Å². The molecule has 0 saturated heterocycles. The summed E-state index contributed by atoms with van der Waals surface area (Å²) in [6, 6.07) is 8.19. The average Bonchev–Trinajstić information content (AvgIpc) is 2.92. The molecule has 0 bridgehead atoms. The number of furan rings is 1. The first-order valence-electron chi connectivity index (χ1n) is 6.67. The average molecular weight is 275 g/mol. The molecular weight excluding hydrogens is 254 g/mol. The summed E-state index contributed by atoms with van der Waals surface area (Å²) >= 11 is 0. The summed E-state index contributed by atoms with van der Waals surface area (Å²) in [6.45, 7) is 4.91. The lowest BCUT2D eigenvalue weighted by molar-refractivity contribution is 0.394. The Bertz CT molecular complexity index is 538. The predicted molar refractivity (Wildman–Crippen MR) is 79.2 cm³/mol. The van der Waals surface area contributed by atoms with Crippen molar-refractivity contribution in [2.24, 2.45) is 0 Å². The van der Waals surface area contributed by atoms with Gasteiger partial charge < -0.3 is 19.2 Å². The molecule has 4 heteroatoms. The SMILES string of the molecule is COc1cc(OC)cc(-c2ccoc2CNC(C)C)c1. The Morgan fingerprint density at radius 2 is 1.75 bits per heavy atom. The molecule has 0 unspecified atom stereocenters. The molecule has 0 aliphatic carbocycles. The zero-order chi connectivity index (χ0) is 14.5. The van der Waals surface area contributed by atoms with Gasteiger partial charge in [0.25, 0.3) is 0 Å². The fourth-order valence-corrected chi connectivity index (χ4v) is 1.99. The monoisotopic (exact) mass is 275 g/mol. The number of hydrogen-bond donors (Lipinski definition) is 1. The summed E-state index contributed by atoms with van der Waals surface area (Å²) < 4.78 is 16.2. The smallest absolute Gasteiger partial charge is 0.125 e. The van der Waals surface area contributed by atoms with Crippen LogP contribution in [0.4, 0.5) is 0 Å². The van der Waals surface area contributed by atoms with E-state index in [4.69, 9.17) is 13.9 Å². The summed E-state index contributed by atoms with van der Waals surface area (Å²) in [6.07, 6.45) is 1.71. The maximum Gasteiger partial charge on any atom is 0.125 e. The molecule has 0 spiro atoms. The molecular formula is C16H21NO3. The van der Waals surface area contributed by atoms with Crippen molar-refractivity contribution in [1.82, 2.24) is 5.32 Å². The number of methoxy groups -OCH3 is 2. The van der Waals surface area contributed by atoms with Gasteiger partial charge in [0, 0.05) is 17.7 Å². The second-order valence-electron chi connectivity index (χ2n) is 4.89. The Hall–Kier alpha value is -1.94. The van der Waals surface area contributed by atoms with Gasteiger partial charge in [0.1, 0.15) is 17.3 Å². The molecule has 0 aliphatic heterocycles. The van der Waals surface area contributed by atoms with Gasteiger partial charge in [-0.1, -0.05) is 13.8 Å². The number of nitrogens with one attached hydrogen (secondary N) is 1. The van der Waals surface area contributed by atoms with Crippen molar-refractivity contribution in [3.63, 3.8) is 0 Å². The van der Waals surface area contributed by atoms with Gasteiger partial charge in [-0.05, 0) is 23.8 Å². The Morgan fingerprint density at radius 3 is 2.30 bits per heavy atom. The third kappa shape index (κ3) is 3.33. The van der Waals surface area contributed by atoms with Gasteiger partial charge in [-0.3, -0.25) is 0 Å². The lowest BCUT2D eigenvalue weighted by Gasteiger charge is -2.10. The van der Waals surface area contributed by atoms with Crippen LogP contribution in [0.25, 0.3) is 11.1 Å². The molecule has 0 aliphatic rings. The molecule has 4 nitrogen and oxygen atoms in total. The molecule has 0 atom stereocenters. The molecule has 1 aromatic heterocycles. The molecule has 2 rings (SSSR count). The minimum atomic E-state index is 0.410. The van der Waals surface area contributed by atoms with Crippen molar-refractivity contribution in [3.05, 3.63) is 36.3 Å². The minimum absolute atomic E-state index is 0.410. The second-order valence-corrected chi connectivity index (χ2v) is 4.89. The first-order chi connectivity index (χ1) is 9.63. The Kier molecular flexibility index (Phi) is 4.69. The molecule has 0 fully saturated rings. The van der Waals surface area contributed by atoms with E-state index in [1.54, 1.807) is 20.5 Å². The number of rotatable bonds is 6. The van der Waals surface area contributed by atoms with Gasteiger partial charge >= 0.3 is 0 Å². The van der Waals surface area contributed by atoms with E-state index < -0.39 is 0 Å². The first kappa shape index (κ1) is 14.5. The molecule has 0 amide bonds. The van der Waals surface area contributed by atoms with E-state index >= 15 is 0 Å². The molecule has 20 heavy (non-hydrogen) atoms. The number of hydrogen-bond acceptors (Lipinski definition) is 4. The zero-order valence-corrected chi connectivity index (χ0v) is 12.4. The van der Waals surface area contributed by atoms with Crippen LogP contribution < -0.4 is 14.8 Å². The van der Waals surface area contributed by atoms with Crippen LogP contribution in [0.2, 0.25) is 0 Å². The van der Waals surface area contributed by atoms with Gasteiger partial charge in [0.05, 0.1) is 27.0 Å². The van der Waals surface area contributed by atoms with Crippen molar-refractivity contribution < 1.29 is 13.9 Å². The summed E-state index contributed by atoms with van der Waals surface area (Å²) in [5, 5.41) is 3.36. The van der Waals surface area contributed by atoms with Crippen LogP contribution in [0.5, 0.6) is 11.5 Å². The molecule has 1 aromatic carbocycles. The van der Waals surface area contributed by atoms with E-state index in [1.165, 1.54) is 0 Å². The Morgan fingerprint density at radius 1 is 1.10 bits per heavy atom. The first-order valence-corrected chi connectivity index (χ1v) is 6.67. The molecule has 0 radical (unpaired) electrons. The topological polar surface area (TPSA) is 43.6 Å². The highest BCUT2D eigenvalue weighted by Gasteiger charge is 2.11. The van der Waals surface area contributed by atoms with Crippen LogP contribution in [0, 0.1) is 0 Å². The predicted octanol–water partition coefficient (Wildman–Crippen LogP) is 3.46. The van der Waals surface area contributed by atoms with Crippen molar-refractivity contribution in [1.29, 1.82) is 0 Å². The van der Waals surface area contributed by atoms with Crippen LogP contribution in [-0.2, 0) is 6.54 Å². The summed E-state index contributed by atoms with van der Waals surface area (Å²) in [7, 11) is 3.30. The lowest BCUT2D eigenvalue weighted by Crippen LogP contribution is -2.21. The molecule has 1 N–H and O–H groups in total. The minimum Gasteiger partial charge on any atom is -0.497 e. The van der Waals surface area contributed by atoms with Crippen molar-refractivity contribution >= 4 is 0 Å². The van der Waals surface area contributed by atoms with E-state index in [1.807, 2.05) is 24.3 Å². The standard InChI is InChI=1S/C16H21NO3/c1-11(2)17-10-16-15(5-6-20-16)12-7-13(18-3)9-14(8-12)19-4/h5-9,11,17H,10H2,1-4H3. The van der Waals surface area contributed by atoms with Crippen molar-refractivity contribution in [3.8, 4) is 22.6 Å². The third-order valence-corrected chi connectivity index (χ3v) is 3.08. The third-order valence-electron chi connectivity index (χ3n) is 3.08. The number of benzene rings is 1.